The lowest BCUT2D eigenvalue weighted by Gasteiger charge is -2.57. The van der Waals surface area contributed by atoms with Crippen LogP contribution in [-0.2, 0) is 4.79 Å². The van der Waals surface area contributed by atoms with E-state index < -0.39 is 22.7 Å². The van der Waals surface area contributed by atoms with Gasteiger partial charge in [0.05, 0.1) is 0 Å². The molecule has 4 aliphatic rings. The number of thiol groups is 1. The van der Waals surface area contributed by atoms with Gasteiger partial charge in [0.25, 0.3) is 0 Å². The van der Waals surface area contributed by atoms with Gasteiger partial charge in [-0.2, -0.15) is 8.78 Å². The highest BCUT2D eigenvalue weighted by Gasteiger charge is 2.74. The molecule has 0 aliphatic heterocycles. The van der Waals surface area contributed by atoms with E-state index >= 15 is 8.78 Å². The van der Waals surface area contributed by atoms with E-state index in [2.05, 4.69) is 36.9 Å². The minimum atomic E-state index is -4.13. The van der Waals surface area contributed by atoms with Gasteiger partial charge in [0, 0.05) is 29.6 Å². The van der Waals surface area contributed by atoms with Crippen LogP contribution in [0.4, 0.5) is 17.6 Å². The van der Waals surface area contributed by atoms with Crippen molar-refractivity contribution < 1.29 is 22.4 Å². The number of carbonyl (C=O) groups excluding carboxylic acids is 1. The normalized spacial score (nSPS) is 32.4. The fourth-order valence-electron chi connectivity index (χ4n) is 8.76. The molecule has 2 aromatic rings. The van der Waals surface area contributed by atoms with Crippen molar-refractivity contribution in [3.05, 3.63) is 76.9 Å². The van der Waals surface area contributed by atoms with Gasteiger partial charge in [0.2, 0.25) is 0 Å². The lowest BCUT2D eigenvalue weighted by molar-refractivity contribution is -0.284. The molecule has 212 valence electrons. The summed E-state index contributed by atoms with van der Waals surface area (Å²) in [6.45, 7) is 3.65. The fourth-order valence-corrected chi connectivity index (χ4v) is 8.91. The molecule has 0 spiro atoms. The van der Waals surface area contributed by atoms with Crippen molar-refractivity contribution in [2.45, 2.75) is 88.4 Å². The van der Waals surface area contributed by atoms with E-state index in [4.69, 9.17) is 0 Å². The van der Waals surface area contributed by atoms with Crippen LogP contribution < -0.4 is 0 Å². The summed E-state index contributed by atoms with van der Waals surface area (Å²) in [5.41, 5.74) is 3.91. The van der Waals surface area contributed by atoms with Gasteiger partial charge in [0.1, 0.15) is 0 Å². The molecule has 1 nitrogen and oxygen atoms in total. The van der Waals surface area contributed by atoms with Gasteiger partial charge in [0.15, 0.2) is 5.78 Å². The molecule has 4 aliphatic carbocycles. The molecule has 5 atom stereocenters. The van der Waals surface area contributed by atoms with Gasteiger partial charge >= 0.3 is 11.8 Å². The summed E-state index contributed by atoms with van der Waals surface area (Å²) < 4.78 is 60.6. The molecule has 2 aromatic carbocycles. The minimum absolute atomic E-state index is 0.0508. The number of halogens is 4. The number of ketones is 1. The second-order valence-electron chi connectivity index (χ2n) is 13.0. The van der Waals surface area contributed by atoms with E-state index in [1.165, 1.54) is 18.1 Å². The van der Waals surface area contributed by atoms with E-state index in [0.29, 0.717) is 32.6 Å². The number of benzene rings is 2. The number of hydrogen-bond donors (Lipinski definition) is 1. The second kappa shape index (κ2) is 9.34. The van der Waals surface area contributed by atoms with E-state index in [-0.39, 0.29) is 30.0 Å². The zero-order chi connectivity index (χ0) is 28.7. The monoisotopic (exact) mass is 568 g/mol. The van der Waals surface area contributed by atoms with Gasteiger partial charge < -0.3 is 0 Å². The third kappa shape index (κ3) is 3.99. The Morgan fingerprint density at radius 2 is 1.50 bits per heavy atom. The largest absolute Gasteiger partial charge is 0.315 e. The molecule has 6 rings (SSSR count). The van der Waals surface area contributed by atoms with E-state index in [9.17, 15) is 13.6 Å². The summed E-state index contributed by atoms with van der Waals surface area (Å²) in [7, 11) is 0. The first-order valence-corrected chi connectivity index (χ1v) is 14.8. The Morgan fingerprint density at radius 1 is 0.875 bits per heavy atom. The SMILES string of the molecule is CC(F)(F)C(F)(F)[C@]1(C)CCC2C3CCC4=CC(=O)CCC4=C3C(c3ccc(-c4ccc(S)cc4)cc3)CC21C. The molecule has 0 heterocycles. The quantitative estimate of drug-likeness (QED) is 0.287. The average molecular weight is 569 g/mol. The van der Waals surface area contributed by atoms with Crippen LogP contribution in [0.15, 0.2) is 76.2 Å². The third-order valence-electron chi connectivity index (χ3n) is 11.1. The van der Waals surface area contributed by atoms with Crippen molar-refractivity contribution in [3.8, 4) is 11.1 Å². The van der Waals surface area contributed by atoms with Crippen LogP contribution in [-0.4, -0.2) is 17.6 Å². The first-order chi connectivity index (χ1) is 18.8. The summed E-state index contributed by atoms with van der Waals surface area (Å²) in [5.74, 6) is -8.30. The Kier molecular flexibility index (Phi) is 6.49. The van der Waals surface area contributed by atoms with Gasteiger partial charge in [-0.25, -0.2) is 8.78 Å². The molecule has 6 heteroatoms. The summed E-state index contributed by atoms with van der Waals surface area (Å²) >= 11 is 4.38. The maximum Gasteiger partial charge on any atom is 0.315 e. The predicted octanol–water partition coefficient (Wildman–Crippen LogP) is 9.84. The van der Waals surface area contributed by atoms with Crippen LogP contribution in [0.1, 0.15) is 77.2 Å². The summed E-state index contributed by atoms with van der Waals surface area (Å²) in [4.78, 5) is 13.2. The highest BCUT2D eigenvalue weighted by molar-refractivity contribution is 7.80. The van der Waals surface area contributed by atoms with Crippen LogP contribution in [0.3, 0.4) is 0 Å². The number of allylic oxidation sites excluding steroid dienone is 4. The second-order valence-corrected chi connectivity index (χ2v) is 13.5. The molecule has 2 saturated carbocycles. The molecular formula is C34H36F4OS. The Morgan fingerprint density at radius 3 is 2.12 bits per heavy atom. The standard InChI is InChI=1S/C34H36F4OS/c1-31-19-28(22-6-4-20(5-7-22)21-8-12-25(40)13-9-21)30-26-15-11-24(39)18-23(26)10-14-27(30)29(31)16-17-32(31,2)34(37,38)33(3,35)36/h4-9,12-13,18,27-29,40H,10-11,14-17,19H2,1-3H3/t27?,28?,29?,31?,32-/m1/s1. The highest BCUT2D eigenvalue weighted by atomic mass is 32.1. The number of carbonyl (C=O) groups is 1. The molecule has 0 amide bonds. The van der Waals surface area contributed by atoms with Crippen LogP contribution in [0.5, 0.6) is 0 Å². The molecule has 0 saturated heterocycles. The first-order valence-electron chi connectivity index (χ1n) is 14.4. The van der Waals surface area contributed by atoms with E-state index in [0.717, 1.165) is 40.0 Å². The van der Waals surface area contributed by atoms with Crippen molar-refractivity contribution in [2.24, 2.45) is 22.7 Å². The summed E-state index contributed by atoms with van der Waals surface area (Å²) in [6, 6.07) is 16.2. The lowest BCUT2D eigenvalue weighted by atomic mass is 9.48. The fraction of sp³-hybridized carbons (Fsp3) is 0.500. The van der Waals surface area contributed by atoms with Crippen LogP contribution in [0, 0.1) is 22.7 Å². The number of rotatable bonds is 4. The average Bonchev–Trinajstić information content (AvgIpc) is 3.19. The highest BCUT2D eigenvalue weighted by Crippen LogP contribution is 2.74. The Bertz CT molecular complexity index is 1400. The van der Waals surface area contributed by atoms with Crippen molar-refractivity contribution >= 4 is 18.4 Å². The van der Waals surface area contributed by atoms with Gasteiger partial charge in [-0.05, 0) is 102 Å². The van der Waals surface area contributed by atoms with Crippen molar-refractivity contribution in [3.63, 3.8) is 0 Å². The van der Waals surface area contributed by atoms with Gasteiger partial charge in [-0.15, -0.1) is 12.6 Å². The zero-order valence-corrected chi connectivity index (χ0v) is 24.1. The number of hydrogen-bond acceptors (Lipinski definition) is 2. The molecule has 0 N–H and O–H groups in total. The molecule has 0 bridgehead atoms. The Hall–Kier alpha value is -2.34. The number of fused-ring (bicyclic) bond motifs is 4. The van der Waals surface area contributed by atoms with Crippen molar-refractivity contribution in [1.82, 2.24) is 0 Å². The van der Waals surface area contributed by atoms with Gasteiger partial charge in [-0.3, -0.25) is 4.79 Å². The zero-order valence-electron chi connectivity index (χ0n) is 23.2. The lowest BCUT2D eigenvalue weighted by Crippen LogP contribution is -2.59. The molecule has 2 fully saturated rings. The van der Waals surface area contributed by atoms with Crippen LogP contribution >= 0.6 is 12.6 Å². The summed E-state index contributed by atoms with van der Waals surface area (Å²) in [5, 5.41) is 0. The minimum Gasteiger partial charge on any atom is -0.295 e. The van der Waals surface area contributed by atoms with Crippen molar-refractivity contribution in [1.29, 1.82) is 0 Å². The van der Waals surface area contributed by atoms with Crippen LogP contribution in [0.25, 0.3) is 11.1 Å². The van der Waals surface area contributed by atoms with E-state index in [1.807, 2.05) is 31.2 Å². The van der Waals surface area contributed by atoms with Crippen molar-refractivity contribution in [2.75, 3.05) is 0 Å². The van der Waals surface area contributed by atoms with Crippen LogP contribution in [0.2, 0.25) is 0 Å². The maximum absolute atomic E-state index is 15.8. The van der Waals surface area contributed by atoms with Gasteiger partial charge in [-0.1, -0.05) is 55.8 Å². The molecule has 40 heavy (non-hydrogen) atoms. The molecular weight excluding hydrogens is 532 g/mol. The first kappa shape index (κ1) is 27.8. The number of alkyl halides is 4. The maximum atomic E-state index is 15.8. The van der Waals surface area contributed by atoms with E-state index in [1.54, 1.807) is 6.08 Å². The summed E-state index contributed by atoms with van der Waals surface area (Å²) in [6.07, 6.45) is 5.42. The molecule has 0 aromatic heterocycles. The Labute approximate surface area is 239 Å². The molecule has 0 radical (unpaired) electrons. The Balaban J connectivity index is 1.48. The smallest absolute Gasteiger partial charge is 0.295 e. The third-order valence-corrected chi connectivity index (χ3v) is 11.4. The topological polar surface area (TPSA) is 17.1 Å². The predicted molar refractivity (Wildman–Crippen MR) is 153 cm³/mol. The molecule has 4 unspecified atom stereocenters.